The number of benzene rings is 1. The highest BCUT2D eigenvalue weighted by atomic mass is 16.5. The number of β-amino-alcohol motifs (C(OH)–C–C–N with tert-alkyl or cyclic N) is 1. The standard InChI is InChI=1S/C20H31N3O4/c1-21-9-10-23(14-20(21)25)12-16-5-6-18(26-2)11-19(16)27-15-17(24)13-22-7-3-4-8-22/h5-6,11,17,24H,3-4,7-10,12-15H2,1-2H3. The fourth-order valence-corrected chi connectivity index (χ4v) is 3.61. The molecular weight excluding hydrogens is 346 g/mol. The van der Waals surface area contributed by atoms with Gasteiger partial charge in [0.15, 0.2) is 0 Å². The van der Waals surface area contributed by atoms with Gasteiger partial charge in [-0.25, -0.2) is 0 Å². The number of aliphatic hydroxyl groups is 1. The van der Waals surface area contributed by atoms with E-state index in [4.69, 9.17) is 9.47 Å². The van der Waals surface area contributed by atoms with E-state index >= 15 is 0 Å². The molecular formula is C20H31N3O4. The summed E-state index contributed by atoms with van der Waals surface area (Å²) < 4.78 is 11.3. The van der Waals surface area contributed by atoms with E-state index in [9.17, 15) is 9.90 Å². The molecule has 7 heteroatoms. The summed E-state index contributed by atoms with van der Waals surface area (Å²) in [5.41, 5.74) is 1.00. The number of piperazine rings is 1. The molecule has 1 aromatic carbocycles. The van der Waals surface area contributed by atoms with Crippen molar-refractivity contribution >= 4 is 5.91 Å². The average Bonchev–Trinajstić information content (AvgIpc) is 3.17. The first-order valence-electron chi connectivity index (χ1n) is 9.71. The Labute approximate surface area is 161 Å². The van der Waals surface area contributed by atoms with Crippen LogP contribution in [0.5, 0.6) is 11.5 Å². The molecule has 1 N–H and O–H groups in total. The van der Waals surface area contributed by atoms with E-state index < -0.39 is 6.10 Å². The van der Waals surface area contributed by atoms with E-state index in [1.807, 2.05) is 25.2 Å². The van der Waals surface area contributed by atoms with E-state index in [0.717, 1.165) is 37.5 Å². The lowest BCUT2D eigenvalue weighted by Crippen LogP contribution is -2.48. The molecule has 150 valence electrons. The van der Waals surface area contributed by atoms with Crippen LogP contribution >= 0.6 is 0 Å². The maximum Gasteiger partial charge on any atom is 0.236 e. The molecule has 0 saturated carbocycles. The maximum absolute atomic E-state index is 12.0. The van der Waals surface area contributed by atoms with Gasteiger partial charge >= 0.3 is 0 Å². The second-order valence-corrected chi connectivity index (χ2v) is 7.47. The Balaban J connectivity index is 1.61. The van der Waals surface area contributed by atoms with Gasteiger partial charge in [0.25, 0.3) is 0 Å². The number of hydrogen-bond donors (Lipinski definition) is 1. The van der Waals surface area contributed by atoms with Crippen LogP contribution in [-0.2, 0) is 11.3 Å². The number of rotatable bonds is 8. The Morgan fingerprint density at radius 2 is 1.93 bits per heavy atom. The van der Waals surface area contributed by atoms with Gasteiger partial charge in [0.2, 0.25) is 5.91 Å². The number of nitrogens with zero attached hydrogens (tertiary/aromatic N) is 3. The van der Waals surface area contributed by atoms with E-state index in [2.05, 4.69) is 9.80 Å². The topological polar surface area (TPSA) is 65.5 Å². The Kier molecular flexibility index (Phi) is 6.93. The van der Waals surface area contributed by atoms with Gasteiger partial charge < -0.3 is 24.4 Å². The van der Waals surface area contributed by atoms with Gasteiger partial charge in [-0.3, -0.25) is 9.69 Å². The molecule has 2 aliphatic rings. The van der Waals surface area contributed by atoms with Crippen molar-refractivity contribution in [1.82, 2.24) is 14.7 Å². The number of likely N-dealkylation sites (tertiary alicyclic amines) is 1. The van der Waals surface area contributed by atoms with Gasteiger partial charge in [-0.1, -0.05) is 6.07 Å². The fourth-order valence-electron chi connectivity index (χ4n) is 3.61. The zero-order valence-electron chi connectivity index (χ0n) is 16.4. The summed E-state index contributed by atoms with van der Waals surface area (Å²) >= 11 is 0. The summed E-state index contributed by atoms with van der Waals surface area (Å²) in [5.74, 6) is 1.57. The molecule has 2 fully saturated rings. The number of hydrogen-bond acceptors (Lipinski definition) is 6. The summed E-state index contributed by atoms with van der Waals surface area (Å²) in [5, 5.41) is 10.3. The van der Waals surface area contributed by atoms with Crippen LogP contribution in [0.25, 0.3) is 0 Å². The highest BCUT2D eigenvalue weighted by Gasteiger charge is 2.22. The summed E-state index contributed by atoms with van der Waals surface area (Å²) in [6, 6.07) is 5.74. The summed E-state index contributed by atoms with van der Waals surface area (Å²) in [6.07, 6.45) is 1.89. The molecule has 0 radical (unpaired) electrons. The lowest BCUT2D eigenvalue weighted by molar-refractivity contribution is -0.134. The third-order valence-electron chi connectivity index (χ3n) is 5.30. The molecule has 2 saturated heterocycles. The molecule has 1 atom stereocenters. The van der Waals surface area contributed by atoms with Gasteiger partial charge in [0, 0.05) is 44.9 Å². The maximum atomic E-state index is 12.0. The minimum absolute atomic E-state index is 0.137. The van der Waals surface area contributed by atoms with Crippen LogP contribution in [-0.4, -0.2) is 91.9 Å². The van der Waals surface area contributed by atoms with E-state index in [1.165, 1.54) is 12.8 Å². The summed E-state index contributed by atoms with van der Waals surface area (Å²) in [7, 11) is 3.46. The molecule has 2 heterocycles. The SMILES string of the molecule is COc1ccc(CN2CCN(C)C(=O)C2)c(OCC(O)CN2CCCC2)c1. The van der Waals surface area contributed by atoms with Crippen molar-refractivity contribution in [1.29, 1.82) is 0 Å². The molecule has 2 aliphatic heterocycles. The monoisotopic (exact) mass is 377 g/mol. The Hall–Kier alpha value is -1.83. The van der Waals surface area contributed by atoms with Crippen molar-refractivity contribution in [3.05, 3.63) is 23.8 Å². The van der Waals surface area contributed by atoms with Gasteiger partial charge in [-0.15, -0.1) is 0 Å². The first kappa shape index (κ1) is 19.9. The number of carbonyl (C=O) groups excluding carboxylic acids is 1. The Morgan fingerprint density at radius 3 is 2.63 bits per heavy atom. The quantitative estimate of drug-likeness (QED) is 0.723. The second kappa shape index (κ2) is 9.39. The first-order valence-corrected chi connectivity index (χ1v) is 9.71. The second-order valence-electron chi connectivity index (χ2n) is 7.47. The summed E-state index contributed by atoms with van der Waals surface area (Å²) in [6.45, 7) is 5.63. The predicted octanol–water partition coefficient (Wildman–Crippen LogP) is 0.805. The van der Waals surface area contributed by atoms with Gasteiger partial charge in [0.1, 0.15) is 24.2 Å². The number of carbonyl (C=O) groups is 1. The molecule has 1 unspecified atom stereocenters. The normalized spacial score (nSPS) is 20.1. The molecule has 0 spiro atoms. The highest BCUT2D eigenvalue weighted by molar-refractivity contribution is 5.78. The van der Waals surface area contributed by atoms with Crippen molar-refractivity contribution in [3.63, 3.8) is 0 Å². The molecule has 0 bridgehead atoms. The number of amides is 1. The minimum Gasteiger partial charge on any atom is -0.497 e. The van der Waals surface area contributed by atoms with Gasteiger partial charge in [0.05, 0.1) is 13.7 Å². The van der Waals surface area contributed by atoms with Crippen LogP contribution in [0, 0.1) is 0 Å². The fraction of sp³-hybridized carbons (Fsp3) is 0.650. The van der Waals surface area contributed by atoms with Crippen LogP contribution in [0.4, 0.5) is 0 Å². The molecule has 1 amide bonds. The lowest BCUT2D eigenvalue weighted by atomic mass is 10.1. The van der Waals surface area contributed by atoms with Crippen LogP contribution < -0.4 is 9.47 Å². The molecule has 3 rings (SSSR count). The van der Waals surface area contributed by atoms with Crippen molar-refractivity contribution in [3.8, 4) is 11.5 Å². The molecule has 1 aromatic rings. The average molecular weight is 377 g/mol. The number of likely N-dealkylation sites (N-methyl/N-ethyl adjacent to an activating group) is 1. The van der Waals surface area contributed by atoms with Crippen molar-refractivity contribution in [2.45, 2.75) is 25.5 Å². The smallest absolute Gasteiger partial charge is 0.236 e. The zero-order valence-corrected chi connectivity index (χ0v) is 16.4. The molecule has 0 aromatic heterocycles. The Bertz CT molecular complexity index is 634. The first-order chi connectivity index (χ1) is 13.0. The van der Waals surface area contributed by atoms with Crippen LogP contribution in [0.1, 0.15) is 18.4 Å². The number of aliphatic hydroxyl groups excluding tert-OH is 1. The third kappa shape index (κ3) is 5.57. The van der Waals surface area contributed by atoms with Crippen molar-refractivity contribution < 1.29 is 19.4 Å². The Morgan fingerprint density at radius 1 is 1.15 bits per heavy atom. The van der Waals surface area contributed by atoms with E-state index in [0.29, 0.717) is 25.4 Å². The minimum atomic E-state index is -0.521. The molecule has 27 heavy (non-hydrogen) atoms. The summed E-state index contributed by atoms with van der Waals surface area (Å²) in [4.78, 5) is 18.1. The van der Waals surface area contributed by atoms with E-state index in [-0.39, 0.29) is 12.5 Å². The third-order valence-corrected chi connectivity index (χ3v) is 5.30. The predicted molar refractivity (Wildman–Crippen MR) is 103 cm³/mol. The van der Waals surface area contributed by atoms with Crippen molar-refractivity contribution in [2.24, 2.45) is 0 Å². The largest absolute Gasteiger partial charge is 0.497 e. The van der Waals surface area contributed by atoms with Crippen LogP contribution in [0.15, 0.2) is 18.2 Å². The van der Waals surface area contributed by atoms with Gasteiger partial charge in [-0.2, -0.15) is 0 Å². The molecule has 7 nitrogen and oxygen atoms in total. The van der Waals surface area contributed by atoms with Crippen molar-refractivity contribution in [2.75, 3.05) is 60.0 Å². The van der Waals surface area contributed by atoms with E-state index in [1.54, 1.807) is 12.0 Å². The van der Waals surface area contributed by atoms with Gasteiger partial charge in [-0.05, 0) is 32.0 Å². The number of ether oxygens (including phenoxy) is 2. The van der Waals surface area contributed by atoms with Crippen LogP contribution in [0.3, 0.4) is 0 Å². The zero-order chi connectivity index (χ0) is 19.2. The lowest BCUT2D eigenvalue weighted by Gasteiger charge is -2.32. The number of methoxy groups -OCH3 is 1. The highest BCUT2D eigenvalue weighted by Crippen LogP contribution is 2.27. The molecule has 0 aliphatic carbocycles. The van der Waals surface area contributed by atoms with Crippen LogP contribution in [0.2, 0.25) is 0 Å².